The van der Waals surface area contributed by atoms with Gasteiger partial charge >= 0.3 is 5.97 Å². The summed E-state index contributed by atoms with van der Waals surface area (Å²) >= 11 is 0. The van der Waals surface area contributed by atoms with Crippen LogP contribution in [0.3, 0.4) is 0 Å². The molecular weight excluding hydrogens is 330 g/mol. The van der Waals surface area contributed by atoms with Crippen molar-refractivity contribution >= 4 is 17.4 Å². The molecule has 0 radical (unpaired) electrons. The first kappa shape index (κ1) is 17.5. The van der Waals surface area contributed by atoms with Gasteiger partial charge in [-0.05, 0) is 36.2 Å². The van der Waals surface area contributed by atoms with Crippen molar-refractivity contribution in [3.8, 4) is 11.3 Å². The molecule has 1 aromatic heterocycles. The van der Waals surface area contributed by atoms with Crippen LogP contribution in [0, 0.1) is 0 Å². The second-order valence-corrected chi connectivity index (χ2v) is 5.90. The molecule has 0 atom stereocenters. The highest BCUT2D eigenvalue weighted by molar-refractivity contribution is 5.97. The van der Waals surface area contributed by atoms with Crippen molar-refractivity contribution in [1.82, 2.24) is 0 Å². The zero-order valence-corrected chi connectivity index (χ0v) is 14.1. The SMILES string of the molecule is O=C(O)CCc1ccc(NCC(=O)c2ccc(-c3ccccc3)o2)cc1. The number of nitrogens with one attached hydrogen (secondary N) is 1. The third-order valence-corrected chi connectivity index (χ3v) is 3.97. The highest BCUT2D eigenvalue weighted by atomic mass is 16.4. The van der Waals surface area contributed by atoms with Gasteiger partial charge in [-0.2, -0.15) is 0 Å². The molecule has 0 aliphatic rings. The van der Waals surface area contributed by atoms with Crippen molar-refractivity contribution in [3.63, 3.8) is 0 Å². The van der Waals surface area contributed by atoms with Crippen LogP contribution in [0.5, 0.6) is 0 Å². The number of aliphatic carboxylic acids is 1. The number of carbonyl (C=O) groups is 2. The van der Waals surface area contributed by atoms with Gasteiger partial charge in [-0.25, -0.2) is 0 Å². The Kier molecular flexibility index (Phi) is 5.49. The molecule has 1 heterocycles. The van der Waals surface area contributed by atoms with Crippen molar-refractivity contribution in [3.05, 3.63) is 78.1 Å². The van der Waals surface area contributed by atoms with Gasteiger partial charge in [0.25, 0.3) is 0 Å². The van der Waals surface area contributed by atoms with E-state index < -0.39 is 5.97 Å². The molecule has 0 bridgehead atoms. The van der Waals surface area contributed by atoms with E-state index in [0.717, 1.165) is 16.8 Å². The fourth-order valence-corrected chi connectivity index (χ4v) is 2.56. The highest BCUT2D eigenvalue weighted by Gasteiger charge is 2.12. The molecule has 0 fully saturated rings. The van der Waals surface area contributed by atoms with Crippen LogP contribution in [-0.4, -0.2) is 23.4 Å². The van der Waals surface area contributed by atoms with E-state index in [-0.39, 0.29) is 18.7 Å². The maximum Gasteiger partial charge on any atom is 0.303 e. The number of carbonyl (C=O) groups excluding carboxylic acids is 1. The van der Waals surface area contributed by atoms with Crippen LogP contribution < -0.4 is 5.32 Å². The molecule has 26 heavy (non-hydrogen) atoms. The molecule has 0 unspecified atom stereocenters. The number of Topliss-reactive ketones (excluding diaryl/α,β-unsaturated/α-hetero) is 1. The normalized spacial score (nSPS) is 10.5. The summed E-state index contributed by atoms with van der Waals surface area (Å²) in [5.41, 5.74) is 2.67. The largest absolute Gasteiger partial charge is 0.481 e. The summed E-state index contributed by atoms with van der Waals surface area (Å²) in [6, 6.07) is 20.5. The topological polar surface area (TPSA) is 79.5 Å². The zero-order valence-electron chi connectivity index (χ0n) is 14.1. The van der Waals surface area contributed by atoms with Crippen LogP contribution in [0.2, 0.25) is 0 Å². The van der Waals surface area contributed by atoms with E-state index in [2.05, 4.69) is 5.32 Å². The van der Waals surface area contributed by atoms with Crippen molar-refractivity contribution < 1.29 is 19.1 Å². The van der Waals surface area contributed by atoms with Crippen LogP contribution in [0.4, 0.5) is 5.69 Å². The molecule has 0 spiro atoms. The van der Waals surface area contributed by atoms with Crippen molar-refractivity contribution in [1.29, 1.82) is 0 Å². The molecule has 0 saturated heterocycles. The summed E-state index contributed by atoms with van der Waals surface area (Å²) in [6.07, 6.45) is 0.594. The fraction of sp³-hybridized carbons (Fsp3) is 0.143. The van der Waals surface area contributed by atoms with Crippen LogP contribution >= 0.6 is 0 Å². The smallest absolute Gasteiger partial charge is 0.303 e. The van der Waals surface area contributed by atoms with Crippen LogP contribution in [0.15, 0.2) is 71.1 Å². The Morgan fingerprint density at radius 3 is 2.35 bits per heavy atom. The monoisotopic (exact) mass is 349 g/mol. The minimum absolute atomic E-state index is 0.105. The van der Waals surface area contributed by atoms with E-state index in [1.54, 1.807) is 12.1 Å². The van der Waals surface area contributed by atoms with Gasteiger partial charge in [0.15, 0.2) is 5.76 Å². The Bertz CT molecular complexity index is 882. The molecule has 5 heteroatoms. The molecule has 5 nitrogen and oxygen atoms in total. The lowest BCUT2D eigenvalue weighted by Gasteiger charge is -2.06. The summed E-state index contributed by atoms with van der Waals surface area (Å²) in [5, 5.41) is 11.8. The van der Waals surface area contributed by atoms with Crippen molar-refractivity contribution in [2.45, 2.75) is 12.8 Å². The standard InChI is InChI=1S/C21H19NO4/c23-18(20-12-11-19(26-20)16-4-2-1-3-5-16)14-22-17-9-6-15(7-10-17)8-13-21(24)25/h1-7,9-12,22H,8,13-14H2,(H,24,25). The number of aryl methyl sites for hydroxylation is 1. The second kappa shape index (κ2) is 8.16. The summed E-state index contributed by atoms with van der Waals surface area (Å²) in [5.74, 6) is 0.0272. The van der Waals surface area contributed by atoms with Crippen molar-refractivity contribution in [2.24, 2.45) is 0 Å². The lowest BCUT2D eigenvalue weighted by Crippen LogP contribution is -2.13. The Morgan fingerprint density at radius 1 is 0.923 bits per heavy atom. The number of anilines is 1. The molecule has 0 aliphatic carbocycles. The molecule has 0 aliphatic heterocycles. The van der Waals surface area contributed by atoms with Gasteiger partial charge in [0, 0.05) is 17.7 Å². The Hall–Kier alpha value is -3.34. The minimum atomic E-state index is -0.814. The number of hydrogen-bond donors (Lipinski definition) is 2. The van der Waals surface area contributed by atoms with Gasteiger partial charge in [0.1, 0.15) is 5.76 Å². The number of carboxylic acid groups (broad SMARTS) is 1. The predicted molar refractivity (Wildman–Crippen MR) is 99.4 cm³/mol. The summed E-state index contributed by atoms with van der Waals surface area (Å²) in [6.45, 7) is 0.121. The number of carboxylic acids is 1. The van der Waals surface area contributed by atoms with Gasteiger partial charge < -0.3 is 14.8 Å². The van der Waals surface area contributed by atoms with Crippen LogP contribution in [0.25, 0.3) is 11.3 Å². The van der Waals surface area contributed by atoms with Gasteiger partial charge in [-0.15, -0.1) is 0 Å². The molecular formula is C21H19NO4. The molecule has 2 aromatic carbocycles. The quantitative estimate of drug-likeness (QED) is 0.594. The summed E-state index contributed by atoms with van der Waals surface area (Å²) in [4.78, 5) is 22.9. The average Bonchev–Trinajstić information content (AvgIpc) is 3.16. The van der Waals surface area contributed by atoms with Gasteiger partial charge in [0.2, 0.25) is 5.78 Å². The van der Waals surface area contributed by atoms with E-state index in [0.29, 0.717) is 17.9 Å². The van der Waals surface area contributed by atoms with E-state index in [1.165, 1.54) is 0 Å². The maximum absolute atomic E-state index is 12.3. The Morgan fingerprint density at radius 2 is 1.65 bits per heavy atom. The zero-order chi connectivity index (χ0) is 18.4. The molecule has 3 rings (SSSR count). The van der Waals surface area contributed by atoms with E-state index >= 15 is 0 Å². The van der Waals surface area contributed by atoms with Gasteiger partial charge in [-0.3, -0.25) is 9.59 Å². The first-order valence-corrected chi connectivity index (χ1v) is 8.35. The Balaban J connectivity index is 1.56. The second-order valence-electron chi connectivity index (χ2n) is 5.90. The number of ketones is 1. The summed E-state index contributed by atoms with van der Waals surface area (Å²) < 4.78 is 5.65. The average molecular weight is 349 g/mol. The number of benzene rings is 2. The third kappa shape index (κ3) is 4.60. The van der Waals surface area contributed by atoms with Gasteiger partial charge in [0.05, 0.1) is 6.54 Å². The predicted octanol–water partition coefficient (Wildman–Crippen LogP) is 4.26. The fourth-order valence-electron chi connectivity index (χ4n) is 2.56. The van der Waals surface area contributed by atoms with Crippen LogP contribution in [0.1, 0.15) is 22.5 Å². The van der Waals surface area contributed by atoms with Crippen molar-refractivity contribution in [2.75, 3.05) is 11.9 Å². The molecule has 3 aromatic rings. The molecule has 0 amide bonds. The molecule has 132 valence electrons. The first-order valence-electron chi connectivity index (χ1n) is 8.35. The van der Waals surface area contributed by atoms with Gasteiger partial charge in [-0.1, -0.05) is 42.5 Å². The number of hydrogen-bond acceptors (Lipinski definition) is 4. The third-order valence-electron chi connectivity index (χ3n) is 3.97. The van der Waals surface area contributed by atoms with E-state index in [1.807, 2.05) is 54.6 Å². The highest BCUT2D eigenvalue weighted by Crippen LogP contribution is 2.22. The first-order chi connectivity index (χ1) is 12.6. The van der Waals surface area contributed by atoms with E-state index in [4.69, 9.17) is 9.52 Å². The van der Waals surface area contributed by atoms with E-state index in [9.17, 15) is 9.59 Å². The lowest BCUT2D eigenvalue weighted by molar-refractivity contribution is -0.136. The maximum atomic E-state index is 12.3. The lowest BCUT2D eigenvalue weighted by atomic mass is 10.1. The number of furan rings is 1. The summed E-state index contributed by atoms with van der Waals surface area (Å²) in [7, 11) is 0. The number of rotatable bonds is 8. The molecule has 2 N–H and O–H groups in total. The molecule has 0 saturated carbocycles. The minimum Gasteiger partial charge on any atom is -0.481 e. The Labute approximate surface area is 151 Å². The van der Waals surface area contributed by atoms with Crippen LogP contribution in [-0.2, 0) is 11.2 Å².